The van der Waals surface area contributed by atoms with Gasteiger partial charge in [-0.2, -0.15) is 4.57 Å². The number of benzene rings is 1. The van der Waals surface area contributed by atoms with Crippen LogP contribution in [0, 0.1) is 6.92 Å². The van der Waals surface area contributed by atoms with Crippen LogP contribution >= 0.6 is 27.3 Å². The minimum atomic E-state index is 0.0130. The first-order chi connectivity index (χ1) is 7.66. The lowest BCUT2D eigenvalue weighted by Gasteiger charge is -2.08. The fourth-order valence-electron chi connectivity index (χ4n) is 1.29. The number of halogens is 1. The van der Waals surface area contributed by atoms with Crippen molar-refractivity contribution >= 4 is 39.2 Å². The zero-order valence-electron chi connectivity index (χ0n) is 8.68. The van der Waals surface area contributed by atoms with E-state index >= 15 is 0 Å². The summed E-state index contributed by atoms with van der Waals surface area (Å²) < 4.78 is 2.82. The van der Waals surface area contributed by atoms with Gasteiger partial charge in [0.25, 0.3) is 0 Å². The van der Waals surface area contributed by atoms with Crippen LogP contribution in [0.3, 0.4) is 0 Å². The molecule has 0 atom stereocenters. The fourth-order valence-corrected chi connectivity index (χ4v) is 2.29. The lowest BCUT2D eigenvalue weighted by molar-refractivity contribution is -0.571. The van der Waals surface area contributed by atoms with Crippen molar-refractivity contribution in [2.45, 2.75) is 6.92 Å². The molecular weight excluding hydrogens is 286 g/mol. The molecule has 2 rings (SSSR count). The van der Waals surface area contributed by atoms with Gasteiger partial charge in [0, 0.05) is 11.4 Å². The number of thiazole rings is 1. The number of hydrogen-bond donors (Lipinski definition) is 0. The highest BCUT2D eigenvalue weighted by molar-refractivity contribution is 9.10. The van der Waals surface area contributed by atoms with E-state index in [-0.39, 0.29) is 5.76 Å². The molecule has 16 heavy (non-hydrogen) atoms. The van der Waals surface area contributed by atoms with Gasteiger partial charge in [0.15, 0.2) is 11.9 Å². The van der Waals surface area contributed by atoms with Crippen molar-refractivity contribution in [3.05, 3.63) is 50.9 Å². The quantitative estimate of drug-likeness (QED) is 0.617. The molecule has 0 aliphatic heterocycles. The molecule has 0 aliphatic rings. The van der Waals surface area contributed by atoms with Crippen molar-refractivity contribution in [2.24, 2.45) is 0 Å². The zero-order valence-corrected chi connectivity index (χ0v) is 11.1. The maximum atomic E-state index is 11.9. The third kappa shape index (κ3) is 2.51. The summed E-state index contributed by atoms with van der Waals surface area (Å²) in [6.07, 6.45) is 1.61. The maximum Gasteiger partial charge on any atom is 0.230 e. The van der Waals surface area contributed by atoms with Gasteiger partial charge >= 0.3 is 0 Å². The molecule has 0 unspecified atom stereocenters. The van der Waals surface area contributed by atoms with Crippen molar-refractivity contribution in [3.63, 3.8) is 0 Å². The van der Waals surface area contributed by atoms with Crippen LogP contribution < -0.4 is 9.67 Å². The van der Waals surface area contributed by atoms with E-state index in [9.17, 15) is 5.11 Å². The highest BCUT2D eigenvalue weighted by Gasteiger charge is 2.03. The number of hydrogen-bond acceptors (Lipinski definition) is 2. The number of aromatic nitrogens is 1. The first-order valence-corrected chi connectivity index (χ1v) is 6.49. The summed E-state index contributed by atoms with van der Waals surface area (Å²) >= 11 is 4.92. The number of rotatable bonds is 2. The van der Waals surface area contributed by atoms with E-state index in [1.807, 2.05) is 46.6 Å². The van der Waals surface area contributed by atoms with Crippen molar-refractivity contribution in [2.75, 3.05) is 0 Å². The van der Waals surface area contributed by atoms with Gasteiger partial charge in [-0.05, 0) is 23.5 Å². The van der Waals surface area contributed by atoms with Gasteiger partial charge in [-0.15, -0.1) is 0 Å². The molecule has 2 nitrogen and oxygen atoms in total. The molecule has 1 heterocycles. The lowest BCUT2D eigenvalue weighted by Crippen LogP contribution is -2.27. The predicted molar refractivity (Wildman–Crippen MR) is 67.6 cm³/mol. The second-order valence-electron chi connectivity index (χ2n) is 3.41. The Kier molecular flexibility index (Phi) is 3.41. The van der Waals surface area contributed by atoms with Gasteiger partial charge < -0.3 is 5.11 Å². The first-order valence-electron chi connectivity index (χ1n) is 4.75. The summed E-state index contributed by atoms with van der Waals surface area (Å²) in [5.74, 6) is 0.0130. The van der Waals surface area contributed by atoms with Gasteiger partial charge in [0.2, 0.25) is 5.51 Å². The minimum absolute atomic E-state index is 0.0130. The third-order valence-electron chi connectivity index (χ3n) is 2.21. The molecule has 0 spiro atoms. The summed E-state index contributed by atoms with van der Waals surface area (Å²) in [7, 11) is 0. The highest BCUT2D eigenvalue weighted by Crippen LogP contribution is 2.14. The normalized spacial score (nSPS) is 11.8. The van der Waals surface area contributed by atoms with E-state index in [4.69, 9.17) is 0 Å². The van der Waals surface area contributed by atoms with E-state index in [0.29, 0.717) is 5.56 Å². The second kappa shape index (κ2) is 4.80. The molecule has 0 aliphatic carbocycles. The molecule has 0 fully saturated rings. The van der Waals surface area contributed by atoms with Gasteiger partial charge in [0.1, 0.15) is 0 Å². The van der Waals surface area contributed by atoms with Crippen LogP contribution in [-0.2, 0) is 0 Å². The van der Waals surface area contributed by atoms with Gasteiger partial charge in [-0.25, -0.2) is 0 Å². The molecule has 0 N–H and O–H groups in total. The lowest BCUT2D eigenvalue weighted by atomic mass is 10.2. The smallest absolute Gasteiger partial charge is 0.230 e. The molecule has 1 aromatic carbocycles. The molecule has 0 bridgehead atoms. The molecular formula is C12H10BrNOS. The standard InChI is InChI=1S/C12H10BrNOS/c1-9-7-16-8-14(9)6-12(15)10-2-4-11(13)5-3-10/h2-8H,1H3/b12-6-. The Morgan fingerprint density at radius 3 is 2.62 bits per heavy atom. The molecule has 82 valence electrons. The molecule has 0 amide bonds. The van der Waals surface area contributed by atoms with Crippen LogP contribution in [0.2, 0.25) is 0 Å². The minimum Gasteiger partial charge on any atom is -0.868 e. The van der Waals surface area contributed by atoms with Crippen LogP contribution in [-0.4, -0.2) is 0 Å². The average Bonchev–Trinajstić information content (AvgIpc) is 2.65. The molecule has 2 aromatic rings. The molecule has 4 heteroatoms. The Labute approximate surface area is 107 Å². The third-order valence-corrected chi connectivity index (χ3v) is 3.56. The average molecular weight is 296 g/mol. The summed E-state index contributed by atoms with van der Waals surface area (Å²) in [5, 5.41) is 13.9. The van der Waals surface area contributed by atoms with Gasteiger partial charge in [-0.3, -0.25) is 0 Å². The Morgan fingerprint density at radius 1 is 1.38 bits per heavy atom. The number of aryl methyl sites for hydroxylation is 1. The molecule has 0 saturated heterocycles. The van der Waals surface area contributed by atoms with E-state index in [1.54, 1.807) is 17.5 Å². The summed E-state index contributed by atoms with van der Waals surface area (Å²) in [6, 6.07) is 7.36. The van der Waals surface area contributed by atoms with Crippen LogP contribution in [0.4, 0.5) is 0 Å². The Morgan fingerprint density at radius 2 is 2.06 bits per heavy atom. The van der Waals surface area contributed by atoms with Crippen LogP contribution in [0.1, 0.15) is 11.3 Å². The topological polar surface area (TPSA) is 26.9 Å². The zero-order chi connectivity index (χ0) is 11.5. The Hall–Kier alpha value is -1.13. The first kappa shape index (κ1) is 11.4. The SMILES string of the molecule is Cc1csc[n+]1/C=C(\[O-])c1ccc(Br)cc1. The predicted octanol–water partition coefficient (Wildman–Crippen LogP) is 2.42. The van der Waals surface area contributed by atoms with E-state index in [2.05, 4.69) is 15.9 Å². The van der Waals surface area contributed by atoms with Crippen LogP contribution in [0.5, 0.6) is 0 Å². The summed E-state index contributed by atoms with van der Waals surface area (Å²) in [5.41, 5.74) is 3.67. The number of nitrogens with zero attached hydrogens (tertiary/aromatic N) is 1. The highest BCUT2D eigenvalue weighted by atomic mass is 79.9. The van der Waals surface area contributed by atoms with E-state index in [0.717, 1.165) is 10.2 Å². The van der Waals surface area contributed by atoms with Gasteiger partial charge in [-0.1, -0.05) is 39.4 Å². The van der Waals surface area contributed by atoms with E-state index < -0.39 is 0 Å². The van der Waals surface area contributed by atoms with Crippen molar-refractivity contribution in [1.29, 1.82) is 0 Å². The largest absolute Gasteiger partial charge is 0.868 e. The fraction of sp³-hybridized carbons (Fsp3) is 0.0833. The van der Waals surface area contributed by atoms with E-state index in [1.165, 1.54) is 0 Å². The van der Waals surface area contributed by atoms with Crippen molar-refractivity contribution in [1.82, 2.24) is 0 Å². The Balaban J connectivity index is 2.32. The summed E-state index contributed by atoms with van der Waals surface area (Å²) in [6.45, 7) is 1.97. The second-order valence-corrected chi connectivity index (χ2v) is 5.04. The molecule has 0 saturated carbocycles. The summed E-state index contributed by atoms with van der Waals surface area (Å²) in [4.78, 5) is 0. The van der Waals surface area contributed by atoms with Crippen molar-refractivity contribution in [3.8, 4) is 0 Å². The molecule has 0 radical (unpaired) electrons. The van der Waals surface area contributed by atoms with Crippen LogP contribution in [0.25, 0.3) is 12.0 Å². The van der Waals surface area contributed by atoms with Crippen LogP contribution in [0.15, 0.2) is 39.6 Å². The van der Waals surface area contributed by atoms with Gasteiger partial charge in [0.05, 0.1) is 5.38 Å². The monoisotopic (exact) mass is 295 g/mol. The van der Waals surface area contributed by atoms with Crippen molar-refractivity contribution < 1.29 is 9.67 Å². The molecule has 1 aromatic heterocycles. The Bertz CT molecular complexity index is 516. The maximum absolute atomic E-state index is 11.9.